The fourth-order valence-corrected chi connectivity index (χ4v) is 2.34. The monoisotopic (exact) mass is 281 g/mol. The van der Waals surface area contributed by atoms with Crippen LogP contribution in [0.3, 0.4) is 0 Å². The number of rotatable bonds is 3. The maximum atomic E-state index is 10.0. The van der Waals surface area contributed by atoms with E-state index in [1.165, 1.54) is 17.1 Å². The Labute approximate surface area is 113 Å². The third-order valence-electron chi connectivity index (χ3n) is 3.41. The summed E-state index contributed by atoms with van der Waals surface area (Å²) >= 11 is 0. The second kappa shape index (κ2) is 4.96. The molecular formula is C11H15N5O4. The Kier molecular flexibility index (Phi) is 3.28. The number of nitrogens with zero attached hydrogens (tertiary/aromatic N) is 3. The first-order valence-corrected chi connectivity index (χ1v) is 6.08. The molecule has 0 unspecified atom stereocenters. The van der Waals surface area contributed by atoms with Gasteiger partial charge in [-0.2, -0.15) is 5.10 Å². The van der Waals surface area contributed by atoms with E-state index in [9.17, 15) is 10.2 Å². The Hall–Kier alpha value is -1.78. The number of pyridine rings is 1. The van der Waals surface area contributed by atoms with Crippen LogP contribution in [0.1, 0.15) is 6.23 Å². The quantitative estimate of drug-likeness (QED) is 0.332. The van der Waals surface area contributed by atoms with Gasteiger partial charge < -0.3 is 25.5 Å². The van der Waals surface area contributed by atoms with Crippen molar-refractivity contribution in [1.29, 1.82) is 0 Å². The number of aliphatic hydroxyl groups is 3. The zero-order valence-electron chi connectivity index (χ0n) is 10.4. The van der Waals surface area contributed by atoms with Crippen LogP contribution in [0.2, 0.25) is 0 Å². The largest absolute Gasteiger partial charge is 0.394 e. The van der Waals surface area contributed by atoms with Crippen LogP contribution in [-0.4, -0.2) is 55.0 Å². The number of hydrogen-bond acceptors (Lipinski definition) is 8. The maximum absolute atomic E-state index is 10.0. The molecule has 108 valence electrons. The Bertz CT molecular complexity index is 618. The van der Waals surface area contributed by atoms with Gasteiger partial charge in [-0.25, -0.2) is 9.67 Å². The van der Waals surface area contributed by atoms with E-state index in [4.69, 9.17) is 15.7 Å². The van der Waals surface area contributed by atoms with Crippen molar-refractivity contribution in [3.05, 3.63) is 18.5 Å². The summed E-state index contributed by atoms with van der Waals surface area (Å²) in [6.45, 7) is -0.392. The number of aromatic nitrogens is 3. The molecule has 1 aliphatic rings. The van der Waals surface area contributed by atoms with Gasteiger partial charge in [-0.05, 0) is 6.07 Å². The van der Waals surface area contributed by atoms with Crippen molar-refractivity contribution in [2.45, 2.75) is 24.5 Å². The smallest absolute Gasteiger partial charge is 0.181 e. The van der Waals surface area contributed by atoms with Crippen LogP contribution >= 0.6 is 0 Å². The van der Waals surface area contributed by atoms with Crippen LogP contribution < -0.4 is 11.3 Å². The summed E-state index contributed by atoms with van der Waals surface area (Å²) in [4.78, 5) is 4.17. The van der Waals surface area contributed by atoms with Crippen molar-refractivity contribution >= 4 is 16.7 Å². The highest BCUT2D eigenvalue weighted by atomic mass is 16.6. The molecule has 2 aromatic rings. The van der Waals surface area contributed by atoms with E-state index in [1.807, 2.05) is 0 Å². The van der Waals surface area contributed by atoms with Crippen molar-refractivity contribution in [2.24, 2.45) is 5.84 Å². The first-order valence-electron chi connectivity index (χ1n) is 6.08. The molecule has 0 aliphatic carbocycles. The van der Waals surface area contributed by atoms with Crippen LogP contribution in [0.5, 0.6) is 0 Å². The molecule has 0 saturated carbocycles. The lowest BCUT2D eigenvalue weighted by atomic mass is 10.1. The number of fused-ring (bicyclic) bond motifs is 1. The van der Waals surface area contributed by atoms with Crippen LogP contribution in [0, 0.1) is 0 Å². The van der Waals surface area contributed by atoms with E-state index in [0.29, 0.717) is 16.7 Å². The van der Waals surface area contributed by atoms with Crippen molar-refractivity contribution in [1.82, 2.24) is 14.8 Å². The van der Waals surface area contributed by atoms with Crippen LogP contribution in [0.25, 0.3) is 11.0 Å². The lowest BCUT2D eigenvalue weighted by molar-refractivity contribution is -0.0566. The van der Waals surface area contributed by atoms with Gasteiger partial charge in [-0.3, -0.25) is 5.84 Å². The lowest BCUT2D eigenvalue weighted by Crippen LogP contribution is -2.33. The average molecular weight is 281 g/mol. The molecule has 1 fully saturated rings. The zero-order valence-corrected chi connectivity index (χ0v) is 10.4. The molecule has 9 heteroatoms. The van der Waals surface area contributed by atoms with E-state index >= 15 is 0 Å². The average Bonchev–Trinajstić information content (AvgIpc) is 3.01. The van der Waals surface area contributed by atoms with Gasteiger partial charge in [0.1, 0.15) is 18.3 Å². The van der Waals surface area contributed by atoms with E-state index in [-0.39, 0.29) is 0 Å². The molecular weight excluding hydrogens is 266 g/mol. The number of nitrogen functional groups attached to an aromatic ring is 1. The summed E-state index contributed by atoms with van der Waals surface area (Å²) in [7, 11) is 0. The van der Waals surface area contributed by atoms with Crippen molar-refractivity contribution < 1.29 is 20.1 Å². The Balaban J connectivity index is 2.03. The molecule has 1 saturated heterocycles. The van der Waals surface area contributed by atoms with Crippen LogP contribution in [-0.2, 0) is 4.74 Å². The number of ether oxygens (including phenoxy) is 1. The number of nitrogens with one attached hydrogen (secondary N) is 1. The molecule has 2 aromatic heterocycles. The molecule has 9 nitrogen and oxygen atoms in total. The van der Waals surface area contributed by atoms with E-state index in [1.54, 1.807) is 6.07 Å². The number of hydrogen-bond donors (Lipinski definition) is 5. The summed E-state index contributed by atoms with van der Waals surface area (Å²) in [6.07, 6.45) is -1.08. The molecule has 0 spiro atoms. The third-order valence-corrected chi connectivity index (χ3v) is 3.41. The topological polar surface area (TPSA) is 139 Å². The minimum atomic E-state index is -1.20. The van der Waals surface area contributed by atoms with Gasteiger partial charge in [-0.1, -0.05) is 0 Å². The SMILES string of the molecule is NNc1ccnc2c1cnn2[C@@H]1O[C@H](CO)[C@@H](O)[C@H]1O. The fraction of sp³-hybridized carbons (Fsp3) is 0.455. The minimum Gasteiger partial charge on any atom is -0.394 e. The second-order valence-electron chi connectivity index (χ2n) is 4.56. The van der Waals surface area contributed by atoms with E-state index < -0.39 is 31.1 Å². The predicted octanol–water partition coefficient (Wildman–Crippen LogP) is -1.67. The van der Waals surface area contributed by atoms with Gasteiger partial charge in [-0.15, -0.1) is 0 Å². The Morgan fingerprint density at radius 2 is 2.20 bits per heavy atom. The maximum Gasteiger partial charge on any atom is 0.181 e. The number of hydrazine groups is 1. The Morgan fingerprint density at radius 3 is 2.85 bits per heavy atom. The third kappa shape index (κ3) is 1.84. The molecule has 0 aromatic carbocycles. The van der Waals surface area contributed by atoms with Gasteiger partial charge in [0.05, 0.1) is 23.9 Å². The van der Waals surface area contributed by atoms with Gasteiger partial charge in [0.15, 0.2) is 11.9 Å². The molecule has 3 rings (SSSR count). The van der Waals surface area contributed by atoms with Crippen LogP contribution in [0.15, 0.2) is 18.5 Å². The summed E-state index contributed by atoms with van der Waals surface area (Å²) in [5.74, 6) is 5.40. The minimum absolute atomic E-state index is 0.392. The first-order chi connectivity index (χ1) is 9.67. The number of anilines is 1. The second-order valence-corrected chi connectivity index (χ2v) is 4.56. The zero-order chi connectivity index (χ0) is 14.3. The number of nitrogens with two attached hydrogens (primary N) is 1. The molecule has 3 heterocycles. The normalized spacial score (nSPS) is 30.0. The summed E-state index contributed by atoms with van der Waals surface area (Å²) in [5, 5.41) is 33.6. The van der Waals surface area contributed by atoms with Crippen LogP contribution in [0.4, 0.5) is 5.69 Å². The summed E-state index contributed by atoms with van der Waals surface area (Å²) in [5.41, 5.74) is 3.61. The predicted molar refractivity (Wildman–Crippen MR) is 68.3 cm³/mol. The molecule has 4 atom stereocenters. The standard InChI is InChI=1S/C11H15N5O4/c12-15-6-1-2-13-10-5(6)3-14-16(10)11-9(19)8(18)7(4-17)20-11/h1-3,7-9,11,17-19H,4,12H2,(H,13,15)/t7-,8-,9-,11-/m1/s1. The van der Waals surface area contributed by atoms with E-state index in [0.717, 1.165) is 0 Å². The molecule has 0 amide bonds. The number of aliphatic hydroxyl groups excluding tert-OH is 3. The van der Waals surface area contributed by atoms with Gasteiger partial charge in [0.25, 0.3) is 0 Å². The summed E-state index contributed by atoms with van der Waals surface area (Å²) in [6, 6.07) is 1.69. The molecule has 1 aliphatic heterocycles. The van der Waals surface area contributed by atoms with Gasteiger partial charge >= 0.3 is 0 Å². The fourth-order valence-electron chi connectivity index (χ4n) is 2.34. The van der Waals surface area contributed by atoms with Crippen molar-refractivity contribution in [2.75, 3.05) is 12.0 Å². The van der Waals surface area contributed by atoms with Crippen molar-refractivity contribution in [3.63, 3.8) is 0 Å². The lowest BCUT2D eigenvalue weighted by Gasteiger charge is -2.15. The molecule has 0 bridgehead atoms. The highest BCUT2D eigenvalue weighted by Gasteiger charge is 2.44. The Morgan fingerprint density at radius 1 is 1.40 bits per heavy atom. The first kappa shape index (κ1) is 13.2. The van der Waals surface area contributed by atoms with Gasteiger partial charge in [0, 0.05) is 6.20 Å². The van der Waals surface area contributed by atoms with E-state index in [2.05, 4.69) is 15.5 Å². The molecule has 20 heavy (non-hydrogen) atoms. The van der Waals surface area contributed by atoms with Gasteiger partial charge in [0.2, 0.25) is 0 Å². The summed E-state index contributed by atoms with van der Waals surface area (Å²) < 4.78 is 6.78. The highest BCUT2D eigenvalue weighted by Crippen LogP contribution is 2.32. The highest BCUT2D eigenvalue weighted by molar-refractivity contribution is 5.88. The molecule has 6 N–H and O–H groups in total. The molecule has 0 radical (unpaired) electrons. The van der Waals surface area contributed by atoms with Crippen molar-refractivity contribution in [3.8, 4) is 0 Å².